The Balaban J connectivity index is 1.76. The number of allylic oxidation sites excluding steroid dienone is 1. The molecule has 4 rings (SSSR count). The summed E-state index contributed by atoms with van der Waals surface area (Å²) >= 11 is 0. The first-order valence-electron chi connectivity index (χ1n) is 9.18. The van der Waals surface area contributed by atoms with E-state index in [-0.39, 0.29) is 29.0 Å². The maximum atomic E-state index is 15.4. The first kappa shape index (κ1) is 15.5. The minimum absolute atomic E-state index is 0.0510. The lowest BCUT2D eigenvalue weighted by atomic mass is 9.44. The van der Waals surface area contributed by atoms with Gasteiger partial charge in [-0.1, -0.05) is 26.0 Å². The highest BCUT2D eigenvalue weighted by Crippen LogP contribution is 2.66. The molecule has 0 spiro atoms. The Bertz CT molecular complexity index is 598. The summed E-state index contributed by atoms with van der Waals surface area (Å²) in [6.07, 6.45) is 4.46. The maximum Gasteiger partial charge on any atom is 0.139 e. The highest BCUT2D eigenvalue weighted by Gasteiger charge is 2.64. The van der Waals surface area contributed by atoms with Gasteiger partial charge in [-0.05, 0) is 67.6 Å². The summed E-state index contributed by atoms with van der Waals surface area (Å²) < 4.78 is 15.4. The van der Waals surface area contributed by atoms with Gasteiger partial charge in [0, 0.05) is 17.5 Å². The smallest absolute Gasteiger partial charge is 0.139 e. The zero-order valence-corrected chi connectivity index (χ0v) is 14.3. The van der Waals surface area contributed by atoms with Crippen LogP contribution in [0.3, 0.4) is 0 Å². The number of nitrogens with one attached hydrogen (secondary N) is 1. The van der Waals surface area contributed by atoms with Gasteiger partial charge in [0.15, 0.2) is 0 Å². The van der Waals surface area contributed by atoms with Gasteiger partial charge in [0.2, 0.25) is 0 Å². The average Bonchev–Trinajstić information content (AvgIpc) is 2.76. The fraction of sp³-hybridized carbons (Fsp3) is 0.800. The zero-order chi connectivity index (χ0) is 16.6. The molecule has 4 unspecified atom stereocenters. The van der Waals surface area contributed by atoms with Gasteiger partial charge in [0.05, 0.1) is 0 Å². The predicted molar refractivity (Wildman–Crippen MR) is 89.3 cm³/mol. The third-order valence-electron chi connectivity index (χ3n) is 8.09. The third-order valence-corrected chi connectivity index (χ3v) is 8.09. The van der Waals surface area contributed by atoms with Crippen molar-refractivity contribution < 1.29 is 9.18 Å². The fourth-order valence-corrected chi connectivity index (χ4v) is 6.90. The molecule has 2 nitrogen and oxygen atoms in total. The van der Waals surface area contributed by atoms with Crippen LogP contribution in [0.2, 0.25) is 0 Å². The molecule has 1 N–H and O–H groups in total. The van der Waals surface area contributed by atoms with Crippen molar-refractivity contribution in [2.75, 3.05) is 0 Å². The van der Waals surface area contributed by atoms with Crippen molar-refractivity contribution in [1.29, 1.82) is 5.41 Å². The molecule has 126 valence electrons. The number of ketones is 1. The van der Waals surface area contributed by atoms with E-state index in [1.54, 1.807) is 0 Å². The number of rotatable bonds is 0. The second kappa shape index (κ2) is 4.77. The van der Waals surface area contributed by atoms with Crippen molar-refractivity contribution in [3.8, 4) is 0 Å². The molecule has 4 fully saturated rings. The summed E-state index contributed by atoms with van der Waals surface area (Å²) in [5.41, 5.74) is 1.51. The molecule has 0 aromatic carbocycles. The lowest BCUT2D eigenvalue weighted by molar-refractivity contribution is -0.144. The Morgan fingerprint density at radius 3 is 2.74 bits per heavy atom. The van der Waals surface area contributed by atoms with Gasteiger partial charge in [-0.25, -0.2) is 4.39 Å². The Kier molecular flexibility index (Phi) is 3.22. The number of carbonyl (C=O) groups is 1. The average molecular weight is 317 g/mol. The summed E-state index contributed by atoms with van der Waals surface area (Å²) in [4.78, 5) is 12.4. The molecule has 0 radical (unpaired) electrons. The van der Waals surface area contributed by atoms with Crippen molar-refractivity contribution in [3.05, 3.63) is 12.2 Å². The molecule has 0 bridgehead atoms. The van der Waals surface area contributed by atoms with Crippen LogP contribution in [0.1, 0.15) is 58.8 Å². The highest BCUT2D eigenvalue weighted by molar-refractivity contribution is 5.87. The number of fused-ring (bicyclic) bond motifs is 5. The van der Waals surface area contributed by atoms with E-state index in [2.05, 4.69) is 13.5 Å². The number of hydrogen-bond acceptors (Lipinski definition) is 2. The van der Waals surface area contributed by atoms with Crippen LogP contribution in [-0.4, -0.2) is 17.7 Å². The van der Waals surface area contributed by atoms with Crippen LogP contribution in [0.5, 0.6) is 0 Å². The topological polar surface area (TPSA) is 40.9 Å². The van der Waals surface area contributed by atoms with Gasteiger partial charge in [0.25, 0.3) is 0 Å². The minimum atomic E-state index is -0.879. The van der Waals surface area contributed by atoms with Crippen LogP contribution in [-0.2, 0) is 4.79 Å². The van der Waals surface area contributed by atoms with Crippen LogP contribution in [0.15, 0.2) is 12.2 Å². The van der Waals surface area contributed by atoms with Gasteiger partial charge < -0.3 is 5.41 Å². The van der Waals surface area contributed by atoms with E-state index in [4.69, 9.17) is 5.41 Å². The van der Waals surface area contributed by atoms with Crippen molar-refractivity contribution in [2.24, 2.45) is 34.5 Å². The third kappa shape index (κ3) is 1.91. The Morgan fingerprint density at radius 1 is 1.26 bits per heavy atom. The van der Waals surface area contributed by atoms with Gasteiger partial charge in [-0.3, -0.25) is 4.79 Å². The molecule has 23 heavy (non-hydrogen) atoms. The number of Topliss-reactive ketones (excluding diaryl/α,β-unsaturated/α-hetero) is 1. The lowest BCUT2D eigenvalue weighted by Gasteiger charge is -2.61. The fourth-order valence-electron chi connectivity index (χ4n) is 6.90. The van der Waals surface area contributed by atoms with Crippen molar-refractivity contribution in [2.45, 2.75) is 65.0 Å². The molecule has 0 amide bonds. The SMILES string of the molecule is C=C1CC2C3CCC(=O)[C@@]3(C)CC(F)C2[C@@]2(C)CCC(=N)C[C@H]12. The molecule has 4 saturated carbocycles. The van der Waals surface area contributed by atoms with Gasteiger partial charge in [-0.2, -0.15) is 0 Å². The Labute approximate surface area is 138 Å². The molecule has 3 heteroatoms. The van der Waals surface area contributed by atoms with Gasteiger partial charge >= 0.3 is 0 Å². The van der Waals surface area contributed by atoms with Crippen LogP contribution in [0.25, 0.3) is 0 Å². The number of hydrogen-bond donors (Lipinski definition) is 1. The monoisotopic (exact) mass is 317 g/mol. The summed E-state index contributed by atoms with van der Waals surface area (Å²) in [5.74, 6) is 1.21. The van der Waals surface area contributed by atoms with Crippen LogP contribution in [0.4, 0.5) is 4.39 Å². The number of halogens is 1. The molecular weight excluding hydrogens is 289 g/mol. The van der Waals surface area contributed by atoms with Crippen molar-refractivity contribution >= 4 is 11.5 Å². The molecule has 0 heterocycles. The van der Waals surface area contributed by atoms with E-state index < -0.39 is 11.6 Å². The van der Waals surface area contributed by atoms with E-state index in [1.807, 2.05) is 6.92 Å². The molecule has 4 aliphatic rings. The normalized spacial score (nSPS) is 52.8. The molecule has 7 atom stereocenters. The van der Waals surface area contributed by atoms with E-state index in [9.17, 15) is 4.79 Å². The van der Waals surface area contributed by atoms with Crippen LogP contribution >= 0.6 is 0 Å². The second-order valence-corrected chi connectivity index (χ2v) is 9.12. The van der Waals surface area contributed by atoms with Crippen molar-refractivity contribution in [1.82, 2.24) is 0 Å². The second-order valence-electron chi connectivity index (χ2n) is 9.12. The quantitative estimate of drug-likeness (QED) is 0.645. The summed E-state index contributed by atoms with van der Waals surface area (Å²) in [6, 6.07) is 0. The van der Waals surface area contributed by atoms with E-state index in [0.717, 1.165) is 37.8 Å². The van der Waals surface area contributed by atoms with Gasteiger partial charge in [0.1, 0.15) is 12.0 Å². The molecule has 0 aromatic heterocycles. The lowest BCUT2D eigenvalue weighted by Crippen LogP contribution is -2.58. The molecule has 0 aliphatic heterocycles. The van der Waals surface area contributed by atoms with Crippen LogP contribution < -0.4 is 0 Å². The first-order valence-corrected chi connectivity index (χ1v) is 9.18. The van der Waals surface area contributed by atoms with Crippen LogP contribution in [0, 0.1) is 39.9 Å². The zero-order valence-electron chi connectivity index (χ0n) is 14.3. The van der Waals surface area contributed by atoms with E-state index in [0.29, 0.717) is 18.8 Å². The van der Waals surface area contributed by atoms with Gasteiger partial charge in [-0.15, -0.1) is 0 Å². The molecular formula is C20H28FNO. The Morgan fingerprint density at radius 2 is 2.00 bits per heavy atom. The number of alkyl halides is 1. The molecule has 0 aromatic rings. The predicted octanol–water partition coefficient (Wildman–Crippen LogP) is 4.73. The highest BCUT2D eigenvalue weighted by atomic mass is 19.1. The molecule has 4 aliphatic carbocycles. The minimum Gasteiger partial charge on any atom is -0.310 e. The van der Waals surface area contributed by atoms with E-state index >= 15 is 4.39 Å². The Hall–Kier alpha value is -0.990. The summed E-state index contributed by atoms with van der Waals surface area (Å²) in [5, 5.41) is 8.07. The summed E-state index contributed by atoms with van der Waals surface area (Å²) in [7, 11) is 0. The van der Waals surface area contributed by atoms with Crippen molar-refractivity contribution in [3.63, 3.8) is 0 Å². The summed E-state index contributed by atoms with van der Waals surface area (Å²) in [6.45, 7) is 8.61. The molecule has 0 saturated heterocycles. The van der Waals surface area contributed by atoms with E-state index in [1.165, 1.54) is 5.57 Å². The number of carbonyl (C=O) groups excluding carboxylic acids is 1. The first-order chi connectivity index (χ1) is 10.8. The largest absolute Gasteiger partial charge is 0.310 e. The standard InChI is InChI=1S/C20H28FNO/c1-11-8-13-14-4-5-17(23)20(14,3)10-16(21)18(13)19(2)7-6-12(22)9-15(11)19/h13-16,18,22H,1,4-10H2,2-3H3/t13?,14?,15-,16?,18?,19+,20+/m1/s1. The maximum absolute atomic E-state index is 15.4.